The van der Waals surface area contributed by atoms with Gasteiger partial charge in [-0.05, 0) is 5.75 Å². The number of thioether (sulfide) groups is 9. The van der Waals surface area contributed by atoms with Gasteiger partial charge in [0, 0.05) is 87.0 Å². The number of carbonyl (C=O) groups excluding carboxylic acids is 3. The molecule has 0 saturated heterocycles. The molecule has 2 N–H and O–H groups in total. The van der Waals surface area contributed by atoms with Crippen LogP contribution in [0.4, 0.5) is 0 Å². The van der Waals surface area contributed by atoms with Gasteiger partial charge < -0.3 is 14.8 Å². The molecule has 0 aromatic rings. The average Bonchev–Trinajstić information content (AvgIpc) is 2.92. The Kier molecular flexibility index (Phi) is 35.3. The number of aliphatic hydroxyl groups is 2. The normalized spacial score (nSPS) is 12.1. The van der Waals surface area contributed by atoms with Crippen molar-refractivity contribution in [3.8, 4) is 0 Å². The number of hydrogen-bond acceptors (Lipinski definition) is 15. The van der Waals surface area contributed by atoms with E-state index in [4.69, 9.17) is 10.2 Å². The average molecular weight is 735 g/mol. The second-order valence-corrected chi connectivity index (χ2v) is 20.2. The topological polar surface area (TPSA) is 115 Å². The van der Waals surface area contributed by atoms with E-state index in [0.29, 0.717) is 30.8 Å². The standard InChI is InChI=1S/C23H42O6S10/c24-5-11-36-21(26)2-8-31-18-30-7-1-16-39(29)17-15-35-20-34-13-14-38-23(28)4-10-33-19-32-9-3-22(27)37-12-6-25/h24-25H,1-20H2. The summed E-state index contributed by atoms with van der Waals surface area (Å²) in [6.07, 6.45) is 2.61. The van der Waals surface area contributed by atoms with Gasteiger partial charge in [-0.3, -0.25) is 14.4 Å². The minimum atomic E-state index is -0.758. The second-order valence-electron chi connectivity index (χ2n) is 7.36. The fourth-order valence-corrected chi connectivity index (χ4v) is 12.8. The minimum Gasteiger partial charge on any atom is -0.616 e. The van der Waals surface area contributed by atoms with Crippen molar-refractivity contribution < 1.29 is 29.1 Å². The van der Waals surface area contributed by atoms with Crippen LogP contribution in [0.3, 0.4) is 0 Å². The summed E-state index contributed by atoms with van der Waals surface area (Å²) in [6, 6.07) is 0. The fraction of sp³-hybridized carbons (Fsp3) is 0.870. The second kappa shape index (κ2) is 33.3. The smallest absolute Gasteiger partial charge is 0.189 e. The van der Waals surface area contributed by atoms with Gasteiger partial charge in [-0.25, -0.2) is 0 Å². The van der Waals surface area contributed by atoms with E-state index in [9.17, 15) is 18.9 Å². The highest BCUT2D eigenvalue weighted by molar-refractivity contribution is 8.18. The zero-order valence-electron chi connectivity index (χ0n) is 22.3. The van der Waals surface area contributed by atoms with E-state index in [1.54, 1.807) is 35.3 Å². The molecule has 1 unspecified atom stereocenters. The summed E-state index contributed by atoms with van der Waals surface area (Å²) in [7, 11) is 0. The van der Waals surface area contributed by atoms with Gasteiger partial charge in [0.1, 0.15) is 11.5 Å². The molecule has 39 heavy (non-hydrogen) atoms. The van der Waals surface area contributed by atoms with Crippen molar-refractivity contribution in [1.82, 2.24) is 0 Å². The molecule has 230 valence electrons. The quantitative estimate of drug-likeness (QED) is 0.0586. The van der Waals surface area contributed by atoms with Crippen LogP contribution in [0.15, 0.2) is 0 Å². The third-order valence-corrected chi connectivity index (χ3v) is 15.9. The zero-order valence-corrected chi connectivity index (χ0v) is 30.4. The van der Waals surface area contributed by atoms with E-state index in [1.807, 2.05) is 35.3 Å². The van der Waals surface area contributed by atoms with Crippen molar-refractivity contribution in [2.45, 2.75) is 25.7 Å². The number of carbonyl (C=O) groups is 3. The molecule has 0 saturated carbocycles. The molecule has 0 spiro atoms. The molecule has 1 atom stereocenters. The predicted octanol–water partition coefficient (Wildman–Crippen LogP) is 5.33. The maximum Gasteiger partial charge on any atom is 0.189 e. The van der Waals surface area contributed by atoms with E-state index in [1.165, 1.54) is 35.3 Å². The Labute approximate surface area is 276 Å². The van der Waals surface area contributed by atoms with E-state index < -0.39 is 11.2 Å². The van der Waals surface area contributed by atoms with Crippen LogP contribution >= 0.6 is 106 Å². The lowest BCUT2D eigenvalue weighted by molar-refractivity contribution is -0.111. The Morgan fingerprint density at radius 1 is 0.513 bits per heavy atom. The Balaban J connectivity index is 3.34. The van der Waals surface area contributed by atoms with Crippen LogP contribution in [-0.4, -0.2) is 122 Å². The Morgan fingerprint density at radius 2 is 0.923 bits per heavy atom. The van der Waals surface area contributed by atoms with Crippen molar-refractivity contribution in [3.05, 3.63) is 0 Å². The molecule has 0 aliphatic carbocycles. The highest BCUT2D eigenvalue weighted by Crippen LogP contribution is 2.20. The molecule has 0 fully saturated rings. The zero-order chi connectivity index (χ0) is 28.8. The molecule has 0 radical (unpaired) electrons. The first kappa shape index (κ1) is 41.4. The molecule has 0 heterocycles. The van der Waals surface area contributed by atoms with E-state index in [0.717, 1.165) is 73.5 Å². The SMILES string of the molecule is O=C(CCSCSCCC[S+]([O-])CCSCSCCSC(=O)CCSCSCCC(=O)SCCO)SCCO. The molecule has 0 bridgehead atoms. The maximum atomic E-state index is 12.1. The lowest BCUT2D eigenvalue weighted by atomic mass is 10.5. The van der Waals surface area contributed by atoms with Crippen LogP contribution in [0.5, 0.6) is 0 Å². The molecular formula is C23H42O6S10. The monoisotopic (exact) mass is 734 g/mol. The van der Waals surface area contributed by atoms with Gasteiger partial charge >= 0.3 is 0 Å². The molecule has 6 nitrogen and oxygen atoms in total. The summed E-state index contributed by atoms with van der Waals surface area (Å²) in [6.45, 7) is 0.0820. The molecule has 0 aromatic carbocycles. The molecule has 0 amide bonds. The van der Waals surface area contributed by atoms with Gasteiger partial charge in [-0.15, -0.1) is 11.8 Å². The summed E-state index contributed by atoms with van der Waals surface area (Å²) in [5, 5.41) is 20.7. The van der Waals surface area contributed by atoms with Gasteiger partial charge in [-0.2, -0.15) is 58.8 Å². The molecular weight excluding hydrogens is 693 g/mol. The first-order valence-corrected chi connectivity index (χ1v) is 23.9. The van der Waals surface area contributed by atoms with Crippen LogP contribution in [0, 0.1) is 0 Å². The highest BCUT2D eigenvalue weighted by Gasteiger charge is 2.07. The summed E-state index contributed by atoms with van der Waals surface area (Å²) in [5.74, 6) is 8.55. The molecule has 0 rings (SSSR count). The predicted molar refractivity (Wildman–Crippen MR) is 192 cm³/mol. The first-order chi connectivity index (χ1) is 19.0. The highest BCUT2D eigenvalue weighted by atomic mass is 32.2. The van der Waals surface area contributed by atoms with Gasteiger partial charge in [0.05, 0.1) is 13.2 Å². The Bertz CT molecular complexity index is 606. The van der Waals surface area contributed by atoms with E-state index >= 15 is 0 Å². The third kappa shape index (κ3) is 33.1. The van der Waals surface area contributed by atoms with Crippen molar-refractivity contribution in [2.24, 2.45) is 0 Å². The summed E-state index contributed by atoms with van der Waals surface area (Å²) >= 11 is 13.7. The van der Waals surface area contributed by atoms with Gasteiger partial charge in [0.25, 0.3) is 0 Å². The molecule has 0 aromatic heterocycles. The molecule has 0 aliphatic heterocycles. The maximum absolute atomic E-state index is 12.1. The largest absolute Gasteiger partial charge is 0.616 e. The van der Waals surface area contributed by atoms with E-state index in [2.05, 4.69) is 0 Å². The van der Waals surface area contributed by atoms with Crippen LogP contribution < -0.4 is 0 Å². The van der Waals surface area contributed by atoms with Crippen LogP contribution in [0.2, 0.25) is 0 Å². The van der Waals surface area contributed by atoms with Crippen molar-refractivity contribution >= 4 is 132 Å². The number of hydrogen-bond donors (Lipinski definition) is 2. The summed E-state index contributed by atoms with van der Waals surface area (Å²) < 4.78 is 12.1. The van der Waals surface area contributed by atoms with Crippen LogP contribution in [0.1, 0.15) is 25.7 Å². The molecule has 0 aliphatic rings. The van der Waals surface area contributed by atoms with Crippen LogP contribution in [-0.2, 0) is 25.6 Å². The number of rotatable bonds is 29. The van der Waals surface area contributed by atoms with Crippen molar-refractivity contribution in [1.29, 1.82) is 0 Å². The third-order valence-electron chi connectivity index (χ3n) is 4.17. The van der Waals surface area contributed by atoms with Crippen molar-refractivity contribution in [2.75, 3.05) is 91.7 Å². The Hall–Kier alpha value is 2.39. The van der Waals surface area contributed by atoms with Gasteiger partial charge in [0.15, 0.2) is 15.3 Å². The lowest BCUT2D eigenvalue weighted by Crippen LogP contribution is -2.13. The lowest BCUT2D eigenvalue weighted by Gasteiger charge is -2.10. The number of aliphatic hydroxyl groups excluding tert-OH is 2. The fourth-order valence-electron chi connectivity index (χ4n) is 2.32. The van der Waals surface area contributed by atoms with Crippen molar-refractivity contribution in [3.63, 3.8) is 0 Å². The van der Waals surface area contributed by atoms with E-state index in [-0.39, 0.29) is 28.6 Å². The van der Waals surface area contributed by atoms with Crippen LogP contribution in [0.25, 0.3) is 0 Å². The van der Waals surface area contributed by atoms with Gasteiger partial charge in [-0.1, -0.05) is 46.5 Å². The first-order valence-electron chi connectivity index (χ1n) is 12.5. The summed E-state index contributed by atoms with van der Waals surface area (Å²) in [5.41, 5.74) is 0. The van der Waals surface area contributed by atoms with Gasteiger partial charge in [0.2, 0.25) is 0 Å². The summed E-state index contributed by atoms with van der Waals surface area (Å²) in [4.78, 5) is 34.9. The Morgan fingerprint density at radius 3 is 1.41 bits per heavy atom. The minimum absolute atomic E-state index is 0.0368. The molecule has 16 heteroatoms.